The fourth-order valence-electron chi connectivity index (χ4n) is 3.19. The molecule has 1 aliphatic rings. The average Bonchev–Trinajstić information content (AvgIpc) is 3.29. The Hall–Kier alpha value is -3.12. The van der Waals surface area contributed by atoms with Gasteiger partial charge in [-0.05, 0) is 48.5 Å². The first kappa shape index (κ1) is 17.3. The van der Waals surface area contributed by atoms with E-state index in [-0.39, 0.29) is 18.2 Å². The highest BCUT2D eigenvalue weighted by atomic mass is 35.5. The van der Waals surface area contributed by atoms with Crippen molar-refractivity contribution in [3.8, 4) is 0 Å². The van der Waals surface area contributed by atoms with Gasteiger partial charge < -0.3 is 9.73 Å². The van der Waals surface area contributed by atoms with Crippen LogP contribution in [0.1, 0.15) is 34.3 Å². The van der Waals surface area contributed by atoms with Gasteiger partial charge in [-0.15, -0.1) is 0 Å². The third-order valence-corrected chi connectivity index (χ3v) is 4.69. The lowest BCUT2D eigenvalue weighted by Gasteiger charge is -2.24. The van der Waals surface area contributed by atoms with Gasteiger partial charge in [-0.1, -0.05) is 11.6 Å². The molecule has 3 aromatic rings. The highest BCUT2D eigenvalue weighted by Gasteiger charge is 2.39. The van der Waals surface area contributed by atoms with Crippen LogP contribution in [0.4, 0.5) is 5.69 Å². The first-order valence-corrected chi connectivity index (χ1v) is 8.84. The topological polar surface area (TPSA) is 75.4 Å². The van der Waals surface area contributed by atoms with Crippen molar-refractivity contribution in [3.63, 3.8) is 0 Å². The number of hydrogen-bond donors (Lipinski definition) is 1. The number of pyridine rings is 1. The Labute approximate surface area is 160 Å². The summed E-state index contributed by atoms with van der Waals surface area (Å²) in [6.07, 6.45) is 3.28. The van der Waals surface area contributed by atoms with Gasteiger partial charge in [-0.25, -0.2) is 0 Å². The van der Waals surface area contributed by atoms with E-state index in [1.54, 1.807) is 65.9 Å². The molecule has 2 aromatic heterocycles. The van der Waals surface area contributed by atoms with Gasteiger partial charge in [-0.3, -0.25) is 19.5 Å². The zero-order chi connectivity index (χ0) is 18.8. The van der Waals surface area contributed by atoms with Crippen LogP contribution in [0.2, 0.25) is 5.02 Å². The van der Waals surface area contributed by atoms with Crippen LogP contribution in [0.5, 0.6) is 0 Å². The smallest absolute Gasteiger partial charge is 0.260 e. The molecule has 0 radical (unpaired) electrons. The van der Waals surface area contributed by atoms with Gasteiger partial charge >= 0.3 is 0 Å². The predicted molar refractivity (Wildman–Crippen MR) is 100 cm³/mol. The fraction of sp³-hybridized carbons (Fsp3) is 0.150. The number of halogens is 1. The summed E-state index contributed by atoms with van der Waals surface area (Å²) in [4.78, 5) is 31.4. The molecule has 4 rings (SSSR count). The molecule has 0 bridgehead atoms. The summed E-state index contributed by atoms with van der Waals surface area (Å²) in [5, 5.41) is 3.40. The zero-order valence-corrected chi connectivity index (χ0v) is 15.0. The van der Waals surface area contributed by atoms with E-state index in [2.05, 4.69) is 10.3 Å². The number of carbonyl (C=O) groups excluding carboxylic acids is 2. The number of nitrogens with one attached hydrogen (secondary N) is 1. The monoisotopic (exact) mass is 381 g/mol. The van der Waals surface area contributed by atoms with E-state index >= 15 is 0 Å². The van der Waals surface area contributed by atoms with Gasteiger partial charge in [0.05, 0.1) is 36.5 Å². The lowest BCUT2D eigenvalue weighted by Crippen LogP contribution is -2.32. The van der Waals surface area contributed by atoms with Crippen LogP contribution in [0.3, 0.4) is 0 Å². The summed E-state index contributed by atoms with van der Waals surface area (Å²) in [7, 11) is 0. The molecule has 0 fully saturated rings. The maximum absolute atomic E-state index is 12.9. The van der Waals surface area contributed by atoms with Crippen molar-refractivity contribution in [2.24, 2.45) is 0 Å². The standard InChI is InChI=1S/C20H16ClN3O3/c21-13-5-7-14(8-6-13)24-17(19-16(20(24)26)4-1-9-22-19)11-18(25)23-12-15-3-2-10-27-15/h1-10,17H,11-12H2,(H,23,25)/t17-/m0/s1. The Bertz CT molecular complexity index is 970. The average molecular weight is 382 g/mol. The van der Waals surface area contributed by atoms with Crippen LogP contribution < -0.4 is 10.2 Å². The number of aromatic nitrogens is 1. The Morgan fingerprint density at radius 3 is 2.74 bits per heavy atom. The summed E-state index contributed by atoms with van der Waals surface area (Å²) in [5.74, 6) is 0.296. The molecule has 0 saturated carbocycles. The van der Waals surface area contributed by atoms with E-state index in [9.17, 15) is 9.59 Å². The summed E-state index contributed by atoms with van der Waals surface area (Å²) in [6.45, 7) is 0.294. The maximum atomic E-state index is 12.9. The Balaban J connectivity index is 1.59. The number of hydrogen-bond acceptors (Lipinski definition) is 4. The second kappa shape index (κ2) is 7.25. The minimum Gasteiger partial charge on any atom is -0.467 e. The molecule has 27 heavy (non-hydrogen) atoms. The first-order valence-electron chi connectivity index (χ1n) is 8.46. The van der Waals surface area contributed by atoms with Crippen molar-refractivity contribution >= 4 is 29.1 Å². The van der Waals surface area contributed by atoms with Gasteiger partial charge in [0.1, 0.15) is 5.76 Å². The lowest BCUT2D eigenvalue weighted by atomic mass is 10.1. The minimum absolute atomic E-state index is 0.0963. The van der Waals surface area contributed by atoms with E-state index in [1.165, 1.54) is 0 Å². The van der Waals surface area contributed by atoms with E-state index in [0.29, 0.717) is 34.3 Å². The molecule has 0 saturated heterocycles. The number of benzene rings is 1. The van der Waals surface area contributed by atoms with Crippen LogP contribution in [0, 0.1) is 0 Å². The zero-order valence-electron chi connectivity index (χ0n) is 14.3. The molecule has 1 N–H and O–H groups in total. The molecule has 1 atom stereocenters. The molecule has 2 amide bonds. The molecule has 1 aromatic carbocycles. The summed E-state index contributed by atoms with van der Waals surface area (Å²) < 4.78 is 5.22. The second-order valence-corrected chi connectivity index (χ2v) is 6.60. The summed E-state index contributed by atoms with van der Waals surface area (Å²) in [6, 6.07) is 13.5. The van der Waals surface area contributed by atoms with Crippen molar-refractivity contribution < 1.29 is 14.0 Å². The van der Waals surface area contributed by atoms with E-state index in [1.807, 2.05) is 0 Å². The molecular weight excluding hydrogens is 366 g/mol. The van der Waals surface area contributed by atoms with Crippen molar-refractivity contribution in [3.05, 3.63) is 83.0 Å². The van der Waals surface area contributed by atoms with Gasteiger partial charge in [0.25, 0.3) is 5.91 Å². The largest absolute Gasteiger partial charge is 0.467 e. The van der Waals surface area contributed by atoms with E-state index < -0.39 is 6.04 Å². The van der Waals surface area contributed by atoms with Crippen LogP contribution in [0.25, 0.3) is 0 Å². The Morgan fingerprint density at radius 1 is 1.19 bits per heavy atom. The highest BCUT2D eigenvalue weighted by Crippen LogP contribution is 2.38. The van der Waals surface area contributed by atoms with Gasteiger partial charge in [-0.2, -0.15) is 0 Å². The molecule has 136 valence electrons. The van der Waals surface area contributed by atoms with Crippen LogP contribution >= 0.6 is 11.6 Å². The molecule has 0 aliphatic carbocycles. The number of amides is 2. The number of fused-ring (bicyclic) bond motifs is 1. The third-order valence-electron chi connectivity index (χ3n) is 4.44. The van der Waals surface area contributed by atoms with E-state index in [0.717, 1.165) is 0 Å². The van der Waals surface area contributed by atoms with Gasteiger partial charge in [0, 0.05) is 16.9 Å². The van der Waals surface area contributed by atoms with Crippen molar-refractivity contribution in [1.82, 2.24) is 10.3 Å². The second-order valence-electron chi connectivity index (χ2n) is 6.16. The number of rotatable bonds is 5. The first-order chi connectivity index (χ1) is 13.1. The van der Waals surface area contributed by atoms with Crippen LogP contribution in [-0.4, -0.2) is 16.8 Å². The molecule has 3 heterocycles. The third kappa shape index (κ3) is 3.44. The number of carbonyl (C=O) groups is 2. The maximum Gasteiger partial charge on any atom is 0.260 e. The lowest BCUT2D eigenvalue weighted by molar-refractivity contribution is -0.121. The molecule has 0 spiro atoms. The van der Waals surface area contributed by atoms with Gasteiger partial charge in [0.15, 0.2) is 0 Å². The summed E-state index contributed by atoms with van der Waals surface area (Å²) in [5.41, 5.74) is 1.79. The predicted octanol–water partition coefficient (Wildman–Crippen LogP) is 3.74. The molecular formula is C20H16ClN3O3. The van der Waals surface area contributed by atoms with Crippen LogP contribution in [0.15, 0.2) is 65.4 Å². The van der Waals surface area contributed by atoms with E-state index in [4.69, 9.17) is 16.0 Å². The molecule has 1 aliphatic heterocycles. The van der Waals surface area contributed by atoms with Gasteiger partial charge in [0.2, 0.25) is 5.91 Å². The number of anilines is 1. The number of furan rings is 1. The highest BCUT2D eigenvalue weighted by molar-refractivity contribution is 6.30. The van der Waals surface area contributed by atoms with Crippen molar-refractivity contribution in [1.29, 1.82) is 0 Å². The normalized spacial score (nSPS) is 15.7. The fourth-order valence-corrected chi connectivity index (χ4v) is 3.32. The minimum atomic E-state index is -0.480. The van der Waals surface area contributed by atoms with Crippen molar-refractivity contribution in [2.45, 2.75) is 19.0 Å². The Kier molecular flexibility index (Phi) is 4.64. The number of nitrogens with zero attached hydrogens (tertiary/aromatic N) is 2. The molecule has 7 heteroatoms. The Morgan fingerprint density at radius 2 is 2.00 bits per heavy atom. The quantitative estimate of drug-likeness (QED) is 0.730. The molecule has 0 unspecified atom stereocenters. The van der Waals surface area contributed by atoms with Crippen LogP contribution in [-0.2, 0) is 11.3 Å². The SMILES string of the molecule is O=C(C[C@H]1c2ncccc2C(=O)N1c1ccc(Cl)cc1)NCc1ccco1. The molecule has 6 nitrogen and oxygen atoms in total. The summed E-state index contributed by atoms with van der Waals surface area (Å²) >= 11 is 5.97. The van der Waals surface area contributed by atoms with Crippen molar-refractivity contribution in [2.75, 3.05) is 4.90 Å².